The molecule has 8 atom stereocenters. The predicted molar refractivity (Wildman–Crippen MR) is 294 cm³/mol. The molecule has 2 saturated heterocycles. The van der Waals surface area contributed by atoms with E-state index in [1.165, 1.54) is 10.0 Å². The molecule has 5 amide bonds. The quantitative estimate of drug-likeness (QED) is 0.0816. The van der Waals surface area contributed by atoms with E-state index in [0.717, 1.165) is 44.8 Å². The molecule has 6 heterocycles. The summed E-state index contributed by atoms with van der Waals surface area (Å²) < 4.78 is 5.78. The summed E-state index contributed by atoms with van der Waals surface area (Å²) in [5, 5.41) is 29.9. The first-order chi connectivity index (χ1) is 37.6. The summed E-state index contributed by atoms with van der Waals surface area (Å²) in [4.78, 5) is 111. The lowest BCUT2D eigenvalue weighted by Gasteiger charge is -2.35. The molecular formula is C59H77N9O11. The van der Waals surface area contributed by atoms with Gasteiger partial charge in [-0.3, -0.25) is 58.3 Å². The van der Waals surface area contributed by atoms with Crippen LogP contribution in [0.3, 0.4) is 0 Å². The van der Waals surface area contributed by atoms with Crippen LogP contribution in [0.1, 0.15) is 135 Å². The Kier molecular flexibility index (Phi) is 21.9. The first-order valence-corrected chi connectivity index (χ1v) is 27.4. The third kappa shape index (κ3) is 17.3. The van der Waals surface area contributed by atoms with Crippen LogP contribution in [-0.4, -0.2) is 121 Å². The number of aliphatic carboxylic acids is 1. The fourth-order valence-electron chi connectivity index (χ4n) is 9.47. The number of carboxylic acids is 1. The van der Waals surface area contributed by atoms with Crippen molar-refractivity contribution < 1.29 is 53.3 Å². The van der Waals surface area contributed by atoms with Crippen LogP contribution in [0.25, 0.3) is 22.5 Å². The van der Waals surface area contributed by atoms with Gasteiger partial charge in [0.2, 0.25) is 17.7 Å². The summed E-state index contributed by atoms with van der Waals surface area (Å²) >= 11 is 0. The Labute approximate surface area is 462 Å². The van der Waals surface area contributed by atoms with Crippen molar-refractivity contribution in [3.8, 4) is 22.5 Å². The number of Topliss-reactive ketones (excluding diaryl/α,β-unsaturated/α-hetero) is 1. The number of aromatic nitrogens is 2. The number of aliphatic hydroxyl groups is 1. The maximum atomic E-state index is 13.1. The van der Waals surface area contributed by atoms with Gasteiger partial charge in [-0.05, 0) is 125 Å². The summed E-state index contributed by atoms with van der Waals surface area (Å²) in [5.41, 5.74) is 12.4. The summed E-state index contributed by atoms with van der Waals surface area (Å²) in [7, 11) is 0. The zero-order chi connectivity index (χ0) is 57.5. The van der Waals surface area contributed by atoms with Gasteiger partial charge in [-0.15, -0.1) is 0 Å². The lowest BCUT2D eigenvalue weighted by Crippen LogP contribution is -2.61. The van der Waals surface area contributed by atoms with E-state index in [1.807, 2.05) is 107 Å². The Balaban J connectivity index is 0.000000255. The fraction of sp³-hybridized carbons (Fsp3) is 0.492. The summed E-state index contributed by atoms with van der Waals surface area (Å²) in [6.07, 6.45) is 5.99. The SMILES string of the molecule is CC(C)[C@@H]1NC(=O)CCc2ccc(nc2)-c2cccc(c2)[C@@H](C)OC(=O)[C@@H]2CCCN(N2)C(=O)[C@H](C)NC1=O.CC(C)[C@H](CC(=O)CCc1ccc(-c2cccc([C@@H](C)O)c2)nc1)C(=O)N[C@@H](C)C(=O)N1CCC[C@@H](C(=O)O)N1. The molecule has 4 aromatic rings. The number of esters is 1. The second kappa shape index (κ2) is 28.5. The Hall–Kier alpha value is -7.42. The number of carbonyl (C=O) groups is 8. The van der Waals surface area contributed by atoms with Crippen molar-refractivity contribution in [3.05, 3.63) is 107 Å². The average molecular weight is 1090 g/mol. The maximum Gasteiger partial charge on any atom is 0.325 e. The molecule has 0 unspecified atom stereocenters. The third-order valence-corrected chi connectivity index (χ3v) is 14.4. The first kappa shape index (κ1) is 60.8. The van der Waals surface area contributed by atoms with Gasteiger partial charge in [0, 0.05) is 61.8 Å². The number of rotatable bonds is 13. The molecule has 2 aromatic carbocycles. The van der Waals surface area contributed by atoms with Gasteiger partial charge >= 0.3 is 11.9 Å². The minimum Gasteiger partial charge on any atom is -0.480 e. The van der Waals surface area contributed by atoms with Crippen molar-refractivity contribution in [2.75, 3.05) is 13.1 Å². The Bertz CT molecular complexity index is 2790. The van der Waals surface area contributed by atoms with E-state index in [4.69, 9.17) is 4.74 Å². The van der Waals surface area contributed by atoms with Gasteiger partial charge in [0.25, 0.3) is 11.8 Å². The largest absolute Gasteiger partial charge is 0.480 e. The second-order valence-corrected chi connectivity index (χ2v) is 21.4. The molecule has 2 aromatic heterocycles. The highest BCUT2D eigenvalue weighted by Crippen LogP contribution is 2.27. The van der Waals surface area contributed by atoms with E-state index in [-0.39, 0.29) is 54.6 Å². The molecule has 7 N–H and O–H groups in total. The molecule has 0 spiro atoms. The van der Waals surface area contributed by atoms with Gasteiger partial charge in [-0.25, -0.2) is 10.9 Å². The highest BCUT2D eigenvalue weighted by Gasteiger charge is 2.35. The number of hydrazine groups is 2. The number of ether oxygens (including phenoxy) is 1. The number of pyridine rings is 2. The van der Waals surface area contributed by atoms with Crippen LogP contribution in [0.5, 0.6) is 0 Å². The van der Waals surface area contributed by atoms with Crippen LogP contribution in [0.4, 0.5) is 0 Å². The van der Waals surface area contributed by atoms with Crippen molar-refractivity contribution in [3.63, 3.8) is 0 Å². The van der Waals surface area contributed by atoms with Crippen molar-refractivity contribution >= 4 is 47.3 Å². The first-order valence-electron chi connectivity index (χ1n) is 27.4. The minimum absolute atomic E-state index is 0.0523. The van der Waals surface area contributed by atoms with E-state index in [1.54, 1.807) is 33.2 Å². The van der Waals surface area contributed by atoms with E-state index >= 15 is 0 Å². The van der Waals surface area contributed by atoms with Crippen LogP contribution in [0, 0.1) is 17.8 Å². The molecule has 2 fully saturated rings. The molecule has 0 saturated carbocycles. The van der Waals surface area contributed by atoms with Crippen LogP contribution >= 0.6 is 0 Å². The normalized spacial score (nSPS) is 21.4. The molecule has 0 aliphatic carbocycles. The van der Waals surface area contributed by atoms with Gasteiger partial charge in [-0.1, -0.05) is 76.2 Å². The number of amides is 5. The average Bonchev–Trinajstić information content (AvgIpc) is 3.45. The number of benzene rings is 2. The summed E-state index contributed by atoms with van der Waals surface area (Å²) in [5.74, 6) is -4.27. The number of fused-ring (bicyclic) bond motifs is 12. The Morgan fingerprint density at radius 1 is 0.797 bits per heavy atom. The zero-order valence-corrected chi connectivity index (χ0v) is 46.5. The van der Waals surface area contributed by atoms with Gasteiger partial charge in [0.05, 0.1) is 17.5 Å². The highest BCUT2D eigenvalue weighted by atomic mass is 16.5. The van der Waals surface area contributed by atoms with E-state index in [2.05, 4.69) is 36.8 Å². The number of hydrogen-bond donors (Lipinski definition) is 7. The standard InChI is InChI=1S/C30H40N4O6.C29H37N5O5/c1-18(2)25(28(37)32-19(3)29(38)34-14-6-9-27(33-34)30(39)40)16-24(36)12-10-21-11-13-26(31-17-21)23-8-5-7-22(15-23)20(4)35;1-17(2)26-27(36)31-18(3)28(37)34-14-6-9-24(33-34)29(38)39-19(4)21-7-5-8-22(15-21)23-12-10-20(16-30-23)11-13-25(35)32-26/h5,7-8,11,13,15,17-20,25,27,33,35H,6,9-10,12,14,16H2,1-4H3,(H,32,37)(H,39,40);5,7-8,10,12,15-19,24,26,33H,6,9,11,13-14H2,1-4H3,(H,31,36)(H,32,35)/t19-,20+,25-,27-;18-,19+,24-,26-/m00/s1. The molecular weight excluding hydrogens is 1010 g/mol. The van der Waals surface area contributed by atoms with E-state index in [9.17, 15) is 48.6 Å². The monoisotopic (exact) mass is 1090 g/mol. The summed E-state index contributed by atoms with van der Waals surface area (Å²) in [6, 6.07) is 18.8. The summed E-state index contributed by atoms with van der Waals surface area (Å²) in [6.45, 7) is 14.8. The second-order valence-electron chi connectivity index (χ2n) is 21.4. The number of ketones is 1. The van der Waals surface area contributed by atoms with Gasteiger partial charge in [0.1, 0.15) is 42.1 Å². The lowest BCUT2D eigenvalue weighted by molar-refractivity contribution is -0.157. The van der Waals surface area contributed by atoms with Crippen LogP contribution in [0.2, 0.25) is 0 Å². The van der Waals surface area contributed by atoms with E-state index < -0.39 is 72.1 Å². The minimum atomic E-state index is -1.03. The van der Waals surface area contributed by atoms with Gasteiger partial charge < -0.3 is 30.9 Å². The number of aliphatic hydroxyl groups excluding tert-OH is 1. The van der Waals surface area contributed by atoms with Crippen LogP contribution < -0.4 is 26.8 Å². The van der Waals surface area contributed by atoms with Crippen molar-refractivity contribution in [1.29, 1.82) is 0 Å². The van der Waals surface area contributed by atoms with Crippen molar-refractivity contribution in [2.45, 2.75) is 156 Å². The molecule has 20 heteroatoms. The predicted octanol–water partition coefficient (Wildman–Crippen LogP) is 5.49. The van der Waals surface area contributed by atoms with Crippen LogP contribution in [-0.2, 0) is 55.9 Å². The van der Waals surface area contributed by atoms with Gasteiger partial charge in [-0.2, -0.15) is 0 Å². The van der Waals surface area contributed by atoms with Crippen LogP contribution in [0.15, 0.2) is 85.2 Å². The highest BCUT2D eigenvalue weighted by molar-refractivity contribution is 5.93. The molecule has 0 radical (unpaired) electrons. The molecule has 8 rings (SSSR count). The number of aryl methyl sites for hydroxylation is 2. The molecule has 79 heavy (non-hydrogen) atoms. The molecule has 424 valence electrons. The Morgan fingerprint density at radius 3 is 2.13 bits per heavy atom. The number of carbonyl (C=O) groups excluding carboxylic acids is 7. The van der Waals surface area contributed by atoms with Crippen molar-refractivity contribution in [1.82, 2.24) is 46.8 Å². The number of carboxylic acid groups (broad SMARTS) is 1. The molecule has 6 bridgehead atoms. The maximum absolute atomic E-state index is 13.1. The van der Waals surface area contributed by atoms with Crippen molar-refractivity contribution in [2.24, 2.45) is 17.8 Å². The third-order valence-electron chi connectivity index (χ3n) is 14.4. The fourth-order valence-corrected chi connectivity index (χ4v) is 9.47. The number of hydrogen-bond acceptors (Lipinski definition) is 14. The van der Waals surface area contributed by atoms with Gasteiger partial charge in [0.15, 0.2) is 0 Å². The number of nitrogens with one attached hydrogen (secondary N) is 5. The molecule has 4 aliphatic rings. The zero-order valence-electron chi connectivity index (χ0n) is 46.5. The molecule has 20 nitrogen and oxygen atoms in total. The lowest BCUT2D eigenvalue weighted by atomic mass is 9.88. The number of nitrogens with zero attached hydrogens (tertiary/aromatic N) is 4. The Morgan fingerprint density at radius 2 is 1.48 bits per heavy atom. The smallest absolute Gasteiger partial charge is 0.325 e. The topological polar surface area (TPSA) is 279 Å². The van der Waals surface area contributed by atoms with E-state index in [0.29, 0.717) is 51.6 Å². The molecule has 4 aliphatic heterocycles.